The van der Waals surface area contributed by atoms with Gasteiger partial charge < -0.3 is 10.1 Å². The lowest BCUT2D eigenvalue weighted by Gasteiger charge is -2.37. The van der Waals surface area contributed by atoms with Crippen molar-refractivity contribution in [1.29, 1.82) is 0 Å². The quantitative estimate of drug-likeness (QED) is 0.684. The molecule has 1 aliphatic carbocycles. The van der Waals surface area contributed by atoms with E-state index in [4.69, 9.17) is 4.74 Å². The fraction of sp³-hybridized carbons (Fsp3) is 0.619. The molecule has 29 heavy (non-hydrogen) atoms. The molecule has 0 saturated heterocycles. The van der Waals surface area contributed by atoms with Gasteiger partial charge in [-0.3, -0.25) is 4.79 Å². The van der Waals surface area contributed by atoms with Crippen LogP contribution in [0.5, 0.6) is 0 Å². The average Bonchev–Trinajstić information content (AvgIpc) is 2.61. The molecule has 7 nitrogen and oxygen atoms in total. The van der Waals surface area contributed by atoms with Crippen molar-refractivity contribution >= 4 is 21.9 Å². The molecule has 1 saturated carbocycles. The third-order valence-electron chi connectivity index (χ3n) is 4.91. The van der Waals surface area contributed by atoms with Gasteiger partial charge in [0, 0.05) is 0 Å². The second kappa shape index (κ2) is 8.83. The molecule has 1 unspecified atom stereocenters. The molecule has 0 bridgehead atoms. The number of carbonyl (C=O) groups is 2. The van der Waals surface area contributed by atoms with Crippen molar-refractivity contribution in [3.8, 4) is 0 Å². The van der Waals surface area contributed by atoms with Crippen LogP contribution >= 0.6 is 0 Å². The van der Waals surface area contributed by atoms with E-state index in [2.05, 4.69) is 10.0 Å². The first-order valence-corrected chi connectivity index (χ1v) is 11.5. The molecule has 1 amide bonds. The Bertz CT molecular complexity index is 835. The second-order valence-electron chi connectivity index (χ2n) is 8.79. The first-order chi connectivity index (χ1) is 13.3. The summed E-state index contributed by atoms with van der Waals surface area (Å²) in [6.07, 6.45) is 3.15. The fourth-order valence-electron chi connectivity index (χ4n) is 3.35. The predicted molar refractivity (Wildman–Crippen MR) is 111 cm³/mol. The molecule has 0 aliphatic heterocycles. The van der Waals surface area contributed by atoms with E-state index in [0.29, 0.717) is 12.8 Å². The number of benzene rings is 1. The van der Waals surface area contributed by atoms with Gasteiger partial charge in [0.2, 0.25) is 15.9 Å². The van der Waals surface area contributed by atoms with E-state index in [1.165, 1.54) is 19.1 Å². The lowest BCUT2D eigenvalue weighted by Crippen LogP contribution is -2.61. The number of esters is 1. The van der Waals surface area contributed by atoms with Crippen LogP contribution in [0.15, 0.2) is 29.2 Å². The van der Waals surface area contributed by atoms with Crippen LogP contribution in [-0.2, 0) is 24.3 Å². The maximum absolute atomic E-state index is 13.1. The third kappa shape index (κ3) is 6.27. The zero-order valence-electron chi connectivity index (χ0n) is 17.9. The minimum absolute atomic E-state index is 0.112. The summed E-state index contributed by atoms with van der Waals surface area (Å²) in [6, 6.07) is 5.59. The Labute approximate surface area is 173 Å². The Morgan fingerprint density at radius 1 is 1.07 bits per heavy atom. The van der Waals surface area contributed by atoms with E-state index < -0.39 is 39.1 Å². The number of ether oxygens (including phenoxy) is 1. The van der Waals surface area contributed by atoms with E-state index >= 15 is 0 Å². The molecule has 1 aromatic rings. The number of amides is 1. The topological polar surface area (TPSA) is 102 Å². The van der Waals surface area contributed by atoms with Crippen LogP contribution in [0.2, 0.25) is 0 Å². The molecule has 1 aromatic carbocycles. The molecular formula is C21H32N2O5S. The van der Waals surface area contributed by atoms with Gasteiger partial charge in [0.05, 0.1) is 4.90 Å². The number of hydrogen-bond acceptors (Lipinski definition) is 5. The first kappa shape index (κ1) is 23.3. The van der Waals surface area contributed by atoms with Crippen molar-refractivity contribution in [3.05, 3.63) is 29.8 Å². The summed E-state index contributed by atoms with van der Waals surface area (Å²) in [4.78, 5) is 25.5. The summed E-state index contributed by atoms with van der Waals surface area (Å²) in [5.74, 6) is -1.05. The summed E-state index contributed by atoms with van der Waals surface area (Å²) < 4.78 is 33.8. The van der Waals surface area contributed by atoms with Crippen LogP contribution in [-0.4, -0.2) is 37.5 Å². The van der Waals surface area contributed by atoms with E-state index in [1.807, 2.05) is 6.92 Å². The van der Waals surface area contributed by atoms with Crippen LogP contribution < -0.4 is 10.0 Å². The maximum atomic E-state index is 13.1. The number of rotatable bonds is 6. The standard InChI is InChI=1S/C21H32N2O5S/c1-15-9-11-17(12-10-15)29(26,27)23-21(13-7-6-8-14-21)19(25)22-16(2)18(24)28-20(3,4)5/h9-12,16,23H,6-8,13-14H2,1-5H3,(H,22,25). The SMILES string of the molecule is Cc1ccc(S(=O)(=O)NC2(C(=O)NC(C)C(=O)OC(C)(C)C)CCCCC2)cc1. The Balaban J connectivity index is 2.22. The van der Waals surface area contributed by atoms with Crippen molar-refractivity contribution < 1.29 is 22.7 Å². The van der Waals surface area contributed by atoms with Gasteiger partial charge >= 0.3 is 5.97 Å². The third-order valence-corrected chi connectivity index (χ3v) is 6.46. The van der Waals surface area contributed by atoms with Gasteiger partial charge in [-0.05, 0) is 59.6 Å². The summed E-state index contributed by atoms with van der Waals surface area (Å²) >= 11 is 0. The Morgan fingerprint density at radius 2 is 1.62 bits per heavy atom. The Hall–Kier alpha value is -1.93. The molecule has 0 heterocycles. The normalized spacial score (nSPS) is 18.0. The zero-order valence-corrected chi connectivity index (χ0v) is 18.7. The summed E-state index contributed by atoms with van der Waals surface area (Å²) in [6.45, 7) is 8.66. The van der Waals surface area contributed by atoms with Gasteiger partial charge in [0.1, 0.15) is 17.2 Å². The van der Waals surface area contributed by atoms with Crippen LogP contribution in [0.1, 0.15) is 65.4 Å². The molecule has 1 atom stereocenters. The monoisotopic (exact) mass is 424 g/mol. The number of carbonyl (C=O) groups excluding carboxylic acids is 2. The number of sulfonamides is 1. The smallest absolute Gasteiger partial charge is 0.328 e. The Morgan fingerprint density at radius 3 is 2.14 bits per heavy atom. The average molecular weight is 425 g/mol. The molecule has 162 valence electrons. The van der Waals surface area contributed by atoms with Gasteiger partial charge in [-0.15, -0.1) is 0 Å². The molecule has 1 fully saturated rings. The van der Waals surface area contributed by atoms with Gasteiger partial charge in [-0.1, -0.05) is 37.0 Å². The van der Waals surface area contributed by atoms with Crippen molar-refractivity contribution in [2.45, 2.75) is 88.8 Å². The highest BCUT2D eigenvalue weighted by Gasteiger charge is 2.44. The minimum atomic E-state index is -3.89. The van der Waals surface area contributed by atoms with Gasteiger partial charge in [0.15, 0.2) is 0 Å². The van der Waals surface area contributed by atoms with E-state index in [9.17, 15) is 18.0 Å². The van der Waals surface area contributed by atoms with Crippen LogP contribution in [0.3, 0.4) is 0 Å². The zero-order chi connectivity index (χ0) is 21.9. The summed E-state index contributed by atoms with van der Waals surface area (Å²) in [5, 5.41) is 2.66. The molecule has 2 rings (SSSR count). The lowest BCUT2D eigenvalue weighted by molar-refractivity contribution is -0.158. The predicted octanol–water partition coefficient (Wildman–Crippen LogP) is 2.82. The van der Waals surface area contributed by atoms with Crippen LogP contribution in [0.4, 0.5) is 0 Å². The van der Waals surface area contributed by atoms with E-state index in [0.717, 1.165) is 24.8 Å². The van der Waals surface area contributed by atoms with Crippen LogP contribution in [0, 0.1) is 6.92 Å². The van der Waals surface area contributed by atoms with Gasteiger partial charge in [-0.2, -0.15) is 4.72 Å². The molecule has 0 spiro atoms. The molecule has 0 radical (unpaired) electrons. The second-order valence-corrected chi connectivity index (χ2v) is 10.5. The summed E-state index contributed by atoms with van der Waals surface area (Å²) in [5.41, 5.74) is -1.01. The number of nitrogens with one attached hydrogen (secondary N) is 2. The minimum Gasteiger partial charge on any atom is -0.458 e. The number of aryl methyl sites for hydroxylation is 1. The van der Waals surface area contributed by atoms with Gasteiger partial charge in [0.25, 0.3) is 0 Å². The molecule has 8 heteroatoms. The highest BCUT2D eigenvalue weighted by Crippen LogP contribution is 2.30. The highest BCUT2D eigenvalue weighted by molar-refractivity contribution is 7.89. The summed E-state index contributed by atoms with van der Waals surface area (Å²) in [7, 11) is -3.89. The molecule has 1 aliphatic rings. The van der Waals surface area contributed by atoms with Crippen LogP contribution in [0.25, 0.3) is 0 Å². The van der Waals surface area contributed by atoms with Gasteiger partial charge in [-0.25, -0.2) is 13.2 Å². The highest BCUT2D eigenvalue weighted by atomic mass is 32.2. The van der Waals surface area contributed by atoms with Crippen molar-refractivity contribution in [3.63, 3.8) is 0 Å². The van der Waals surface area contributed by atoms with E-state index in [-0.39, 0.29) is 4.90 Å². The largest absolute Gasteiger partial charge is 0.458 e. The first-order valence-electron chi connectivity index (χ1n) is 9.99. The van der Waals surface area contributed by atoms with Crippen molar-refractivity contribution in [2.75, 3.05) is 0 Å². The molecular weight excluding hydrogens is 392 g/mol. The molecule has 2 N–H and O–H groups in total. The molecule has 0 aromatic heterocycles. The Kier molecular flexibility index (Phi) is 7.11. The maximum Gasteiger partial charge on any atom is 0.328 e. The fourth-order valence-corrected chi connectivity index (χ4v) is 4.77. The van der Waals surface area contributed by atoms with E-state index in [1.54, 1.807) is 32.9 Å². The van der Waals surface area contributed by atoms with Crippen molar-refractivity contribution in [1.82, 2.24) is 10.0 Å². The van der Waals surface area contributed by atoms with Crippen molar-refractivity contribution in [2.24, 2.45) is 0 Å². The lowest BCUT2D eigenvalue weighted by atomic mass is 9.81. The number of hydrogen-bond donors (Lipinski definition) is 2.